The number of rotatable bonds is 4. The van der Waals surface area contributed by atoms with Crippen LogP contribution in [-0.4, -0.2) is 34.4 Å². The van der Waals surface area contributed by atoms with Crippen LogP contribution >= 0.6 is 0 Å². The van der Waals surface area contributed by atoms with Crippen LogP contribution in [0.1, 0.15) is 56.8 Å². The predicted octanol–water partition coefficient (Wildman–Crippen LogP) is 3.31. The number of hydrogen-bond donors (Lipinski definition) is 1. The van der Waals surface area contributed by atoms with E-state index in [4.69, 9.17) is 0 Å². The lowest BCUT2D eigenvalue weighted by Crippen LogP contribution is -2.47. The van der Waals surface area contributed by atoms with E-state index in [1.807, 2.05) is 17.0 Å². The molecule has 0 spiro atoms. The maximum absolute atomic E-state index is 12.7. The third-order valence-corrected chi connectivity index (χ3v) is 3.99. The van der Waals surface area contributed by atoms with Gasteiger partial charge >= 0.3 is 0 Å². The third-order valence-electron chi connectivity index (χ3n) is 3.99. The Kier molecular flexibility index (Phi) is 4.99. The summed E-state index contributed by atoms with van der Waals surface area (Å²) in [7, 11) is 0. The van der Waals surface area contributed by atoms with E-state index in [0.717, 1.165) is 37.2 Å². The van der Waals surface area contributed by atoms with Crippen molar-refractivity contribution in [3.05, 3.63) is 23.9 Å². The van der Waals surface area contributed by atoms with Gasteiger partial charge in [-0.1, -0.05) is 6.92 Å². The topological polar surface area (TPSA) is 45.2 Å². The summed E-state index contributed by atoms with van der Waals surface area (Å²) in [6.07, 6.45) is 6.17. The van der Waals surface area contributed by atoms with E-state index in [-0.39, 0.29) is 5.91 Å². The third kappa shape index (κ3) is 3.30. The number of carbonyl (C=O) groups is 1. The minimum atomic E-state index is 0.131. The molecule has 1 aliphatic heterocycles. The lowest BCUT2D eigenvalue weighted by atomic mass is 9.96. The van der Waals surface area contributed by atoms with Gasteiger partial charge in [0.1, 0.15) is 5.82 Å². The van der Waals surface area contributed by atoms with Crippen molar-refractivity contribution in [3.63, 3.8) is 0 Å². The van der Waals surface area contributed by atoms with Crippen LogP contribution in [0.25, 0.3) is 0 Å². The molecule has 0 aromatic carbocycles. The number of aromatic nitrogens is 1. The molecule has 0 aliphatic carbocycles. The van der Waals surface area contributed by atoms with Crippen molar-refractivity contribution in [3.8, 4) is 0 Å². The molecule has 2 unspecified atom stereocenters. The number of likely N-dealkylation sites (tertiary alicyclic amines) is 1. The Morgan fingerprint density at radius 3 is 2.75 bits per heavy atom. The van der Waals surface area contributed by atoms with Gasteiger partial charge in [0.2, 0.25) is 0 Å². The first-order valence-electron chi connectivity index (χ1n) is 7.66. The Hall–Kier alpha value is -1.58. The summed E-state index contributed by atoms with van der Waals surface area (Å²) in [4.78, 5) is 19.0. The number of hydrogen-bond acceptors (Lipinski definition) is 3. The van der Waals surface area contributed by atoms with E-state index in [0.29, 0.717) is 12.1 Å². The molecule has 1 saturated heterocycles. The fourth-order valence-electron chi connectivity index (χ4n) is 2.88. The van der Waals surface area contributed by atoms with Gasteiger partial charge in [0.25, 0.3) is 5.91 Å². The minimum Gasteiger partial charge on any atom is -0.370 e. The summed E-state index contributed by atoms with van der Waals surface area (Å²) in [5, 5.41) is 3.23. The van der Waals surface area contributed by atoms with Gasteiger partial charge in [-0.05, 0) is 51.7 Å². The first-order valence-corrected chi connectivity index (χ1v) is 7.66. The molecule has 1 fully saturated rings. The molecule has 110 valence electrons. The number of nitrogens with one attached hydrogen (secondary N) is 1. The van der Waals surface area contributed by atoms with Crippen LogP contribution < -0.4 is 5.32 Å². The Bertz CT molecular complexity index is 451. The highest BCUT2D eigenvalue weighted by molar-refractivity contribution is 5.95. The van der Waals surface area contributed by atoms with E-state index in [1.54, 1.807) is 6.20 Å². The summed E-state index contributed by atoms with van der Waals surface area (Å²) < 4.78 is 0. The Labute approximate surface area is 121 Å². The van der Waals surface area contributed by atoms with Crippen LogP contribution in [0.2, 0.25) is 0 Å². The average Bonchev–Trinajstić information content (AvgIpc) is 2.45. The van der Waals surface area contributed by atoms with Crippen molar-refractivity contribution in [2.45, 2.75) is 58.5 Å². The lowest BCUT2D eigenvalue weighted by molar-refractivity contribution is 0.0510. The van der Waals surface area contributed by atoms with E-state index in [1.165, 1.54) is 6.42 Å². The number of anilines is 1. The summed E-state index contributed by atoms with van der Waals surface area (Å²) >= 11 is 0. The van der Waals surface area contributed by atoms with E-state index >= 15 is 0 Å². The zero-order valence-corrected chi connectivity index (χ0v) is 12.7. The zero-order chi connectivity index (χ0) is 14.5. The molecule has 2 rings (SSSR count). The first-order chi connectivity index (χ1) is 9.63. The lowest BCUT2D eigenvalue weighted by Gasteiger charge is -2.39. The second-order valence-electron chi connectivity index (χ2n) is 5.70. The molecule has 0 bridgehead atoms. The molecular formula is C16H25N3O. The van der Waals surface area contributed by atoms with Gasteiger partial charge in [-0.2, -0.15) is 0 Å². The molecular weight excluding hydrogens is 250 g/mol. The van der Waals surface area contributed by atoms with Crippen molar-refractivity contribution in [2.24, 2.45) is 0 Å². The molecule has 4 heteroatoms. The fraction of sp³-hybridized carbons (Fsp3) is 0.625. The predicted molar refractivity (Wildman–Crippen MR) is 82.0 cm³/mol. The molecule has 2 atom stereocenters. The van der Waals surface area contributed by atoms with Gasteiger partial charge in [0, 0.05) is 30.4 Å². The van der Waals surface area contributed by atoms with Gasteiger partial charge < -0.3 is 10.2 Å². The van der Waals surface area contributed by atoms with Crippen LogP contribution in [0.15, 0.2) is 18.3 Å². The second-order valence-corrected chi connectivity index (χ2v) is 5.70. The van der Waals surface area contributed by atoms with Gasteiger partial charge in [-0.25, -0.2) is 4.98 Å². The number of carbonyl (C=O) groups excluding carboxylic acids is 1. The molecule has 0 saturated carbocycles. The number of nitrogens with zero attached hydrogens (tertiary/aromatic N) is 2. The number of piperidine rings is 1. The highest BCUT2D eigenvalue weighted by atomic mass is 16.2. The molecule has 0 radical (unpaired) electrons. The van der Waals surface area contributed by atoms with E-state index in [2.05, 4.69) is 31.1 Å². The molecule has 1 N–H and O–H groups in total. The molecule has 2 heterocycles. The Morgan fingerprint density at radius 2 is 2.10 bits per heavy atom. The Morgan fingerprint density at radius 1 is 1.40 bits per heavy atom. The van der Waals surface area contributed by atoms with Crippen molar-refractivity contribution < 1.29 is 4.79 Å². The van der Waals surface area contributed by atoms with Crippen LogP contribution in [-0.2, 0) is 0 Å². The number of amides is 1. The van der Waals surface area contributed by atoms with Crippen molar-refractivity contribution >= 4 is 11.7 Å². The van der Waals surface area contributed by atoms with E-state index < -0.39 is 0 Å². The molecule has 1 aliphatic rings. The number of pyridine rings is 1. The SMILES string of the molecule is CCCNc1cc(C(=O)N2C(C)CCCC2C)ccn1. The Balaban J connectivity index is 2.15. The summed E-state index contributed by atoms with van der Waals surface area (Å²) in [6, 6.07) is 4.33. The van der Waals surface area contributed by atoms with Crippen LogP contribution in [0.5, 0.6) is 0 Å². The quantitative estimate of drug-likeness (QED) is 0.917. The monoisotopic (exact) mass is 275 g/mol. The fourth-order valence-corrected chi connectivity index (χ4v) is 2.88. The van der Waals surface area contributed by atoms with Gasteiger partial charge in [0.15, 0.2) is 0 Å². The molecule has 1 aromatic heterocycles. The largest absolute Gasteiger partial charge is 0.370 e. The zero-order valence-electron chi connectivity index (χ0n) is 12.7. The highest BCUT2D eigenvalue weighted by Crippen LogP contribution is 2.24. The van der Waals surface area contributed by atoms with Crippen molar-refractivity contribution in [1.82, 2.24) is 9.88 Å². The maximum Gasteiger partial charge on any atom is 0.254 e. The van der Waals surface area contributed by atoms with Crippen LogP contribution in [0, 0.1) is 0 Å². The molecule has 20 heavy (non-hydrogen) atoms. The van der Waals surface area contributed by atoms with Crippen LogP contribution in [0.3, 0.4) is 0 Å². The van der Waals surface area contributed by atoms with Crippen LogP contribution in [0.4, 0.5) is 5.82 Å². The molecule has 1 aromatic rings. The van der Waals surface area contributed by atoms with Crippen molar-refractivity contribution in [1.29, 1.82) is 0 Å². The summed E-state index contributed by atoms with van der Waals surface area (Å²) in [5.74, 6) is 0.918. The van der Waals surface area contributed by atoms with E-state index in [9.17, 15) is 4.79 Å². The smallest absolute Gasteiger partial charge is 0.254 e. The summed E-state index contributed by atoms with van der Waals surface area (Å²) in [5.41, 5.74) is 0.735. The summed E-state index contributed by atoms with van der Waals surface area (Å²) in [6.45, 7) is 7.27. The van der Waals surface area contributed by atoms with Crippen molar-refractivity contribution in [2.75, 3.05) is 11.9 Å². The molecule has 4 nitrogen and oxygen atoms in total. The maximum atomic E-state index is 12.7. The van der Waals surface area contributed by atoms with Gasteiger partial charge in [0.05, 0.1) is 0 Å². The minimum absolute atomic E-state index is 0.131. The van der Waals surface area contributed by atoms with Gasteiger partial charge in [-0.15, -0.1) is 0 Å². The van der Waals surface area contributed by atoms with Gasteiger partial charge in [-0.3, -0.25) is 4.79 Å². The first kappa shape index (κ1) is 14.8. The highest BCUT2D eigenvalue weighted by Gasteiger charge is 2.29. The second kappa shape index (κ2) is 6.73. The molecule has 1 amide bonds. The standard InChI is InChI=1S/C16H25N3O/c1-4-9-17-15-11-14(8-10-18-15)16(20)19-12(2)6-5-7-13(19)3/h8,10-13H,4-7,9H2,1-3H3,(H,17,18). The average molecular weight is 275 g/mol. The normalized spacial score (nSPS) is 22.6.